The molecule has 1 atom stereocenters. The molecule has 2 heterocycles. The molecular weight excluding hydrogens is 833 g/mol. The predicted molar refractivity (Wildman–Crippen MR) is 249 cm³/mol. The number of amides is 4. The largest absolute Gasteiger partial charge is 0.465 e. The molecule has 1 aliphatic rings. The molecule has 0 spiro atoms. The second-order valence-corrected chi connectivity index (χ2v) is 17.9. The number of hydrogen-bond donors (Lipinski definition) is 3. The summed E-state index contributed by atoms with van der Waals surface area (Å²) in [6.45, 7) is 5.97. The number of carbonyl (C=O) groups excluding carboxylic acids is 5. The highest BCUT2D eigenvalue weighted by molar-refractivity contribution is 8.00. The zero-order valence-corrected chi connectivity index (χ0v) is 36.8. The van der Waals surface area contributed by atoms with E-state index >= 15 is 0 Å². The molecule has 0 bridgehead atoms. The molecular formula is C50H46N4O7S2. The van der Waals surface area contributed by atoms with Crippen LogP contribution in [-0.4, -0.2) is 53.9 Å². The van der Waals surface area contributed by atoms with E-state index in [-0.39, 0.29) is 23.7 Å². The Morgan fingerprint density at radius 1 is 0.778 bits per heavy atom. The van der Waals surface area contributed by atoms with Crippen LogP contribution in [0.4, 0.5) is 15.5 Å². The van der Waals surface area contributed by atoms with Gasteiger partial charge < -0.3 is 30.3 Å². The van der Waals surface area contributed by atoms with E-state index in [1.165, 1.54) is 30.2 Å². The average Bonchev–Trinajstić information content (AvgIpc) is 3.65. The Bertz CT molecular complexity index is 2640. The van der Waals surface area contributed by atoms with Gasteiger partial charge in [0.15, 0.2) is 0 Å². The summed E-state index contributed by atoms with van der Waals surface area (Å²) < 4.78 is 10.8. The Morgan fingerprint density at radius 2 is 1.43 bits per heavy atom. The summed E-state index contributed by atoms with van der Waals surface area (Å²) in [4.78, 5) is 70.9. The molecule has 5 aromatic carbocycles. The van der Waals surface area contributed by atoms with E-state index in [4.69, 9.17) is 9.47 Å². The Labute approximate surface area is 374 Å². The van der Waals surface area contributed by atoms with Gasteiger partial charge in [-0.05, 0) is 91.4 Å². The molecule has 0 aliphatic carbocycles. The highest BCUT2D eigenvalue weighted by Crippen LogP contribution is 2.41. The number of thioether (sulfide) groups is 1. The highest BCUT2D eigenvalue weighted by atomic mass is 32.2. The van der Waals surface area contributed by atoms with E-state index in [2.05, 4.69) is 16.0 Å². The van der Waals surface area contributed by atoms with Gasteiger partial charge in [-0.15, -0.1) is 23.1 Å². The van der Waals surface area contributed by atoms with Crippen molar-refractivity contribution in [3.8, 4) is 11.1 Å². The number of fused-ring (bicyclic) bond motifs is 1. The van der Waals surface area contributed by atoms with Crippen LogP contribution in [0.15, 0.2) is 150 Å². The molecule has 0 saturated carbocycles. The number of nitrogens with one attached hydrogen (secondary N) is 3. The molecule has 0 radical (unpaired) electrons. The Hall–Kier alpha value is -6.96. The predicted octanol–water partition coefficient (Wildman–Crippen LogP) is 10.4. The number of nitrogens with zero attached hydrogens (tertiary/aromatic N) is 1. The van der Waals surface area contributed by atoms with Gasteiger partial charge in [-0.25, -0.2) is 9.59 Å². The summed E-state index contributed by atoms with van der Waals surface area (Å²) in [6, 6.07) is 42.6. The summed E-state index contributed by atoms with van der Waals surface area (Å²) in [5.41, 5.74) is 4.66. The molecule has 0 saturated heterocycles. The van der Waals surface area contributed by atoms with Crippen molar-refractivity contribution in [1.82, 2.24) is 10.2 Å². The molecule has 13 heteroatoms. The fraction of sp³-hybridized carbons (Fsp3) is 0.180. The maximum Gasteiger partial charge on any atom is 0.410 e. The van der Waals surface area contributed by atoms with Gasteiger partial charge in [0.2, 0.25) is 5.91 Å². The van der Waals surface area contributed by atoms with Crippen molar-refractivity contribution >= 4 is 69.6 Å². The van der Waals surface area contributed by atoms with Crippen molar-refractivity contribution in [1.29, 1.82) is 0 Å². The summed E-state index contributed by atoms with van der Waals surface area (Å²) in [5.74, 6) is -1.96. The zero-order chi connectivity index (χ0) is 44.5. The topological polar surface area (TPSA) is 143 Å². The van der Waals surface area contributed by atoms with Crippen LogP contribution in [0.3, 0.4) is 0 Å². The third kappa shape index (κ3) is 11.3. The zero-order valence-electron chi connectivity index (χ0n) is 35.2. The highest BCUT2D eigenvalue weighted by Gasteiger charge is 2.34. The lowest BCUT2D eigenvalue weighted by atomic mass is 10.0. The molecule has 0 fully saturated rings. The minimum Gasteiger partial charge on any atom is -0.465 e. The smallest absolute Gasteiger partial charge is 0.410 e. The fourth-order valence-corrected chi connectivity index (χ4v) is 9.20. The third-order valence-electron chi connectivity index (χ3n) is 9.88. The SMILES string of the molecule is COC(=O)c1c(NC(=O)C(Sc2cccc(NC(=O)/C(=C\c3ccc(-c4ccccc4)cc3)NC(=O)c3ccccc3)c2)c2ccccc2)sc2c1CCN(C(=O)OC(C)(C)C)C2. The Morgan fingerprint density at radius 3 is 2.10 bits per heavy atom. The van der Waals surface area contributed by atoms with Gasteiger partial charge in [0.25, 0.3) is 11.8 Å². The standard InChI is InChI=1S/C50H46N4O7S2/c1-50(2,3)61-49(59)54-28-27-39-41(31-54)63-47(42(39)48(58)60-4)53-46(57)43(35-17-10-6-11-18-35)62-38-22-14-21-37(30-38)51-45(56)40(52-44(55)36-19-12-7-13-20-36)29-32-23-25-34(26-24-32)33-15-8-5-9-16-33/h5-26,29-30,43H,27-28,31H2,1-4H3,(H,51,56)(H,52,55)(H,53,57)/b40-29+. The third-order valence-corrected chi connectivity index (χ3v) is 12.3. The van der Waals surface area contributed by atoms with Crippen LogP contribution < -0.4 is 16.0 Å². The summed E-state index contributed by atoms with van der Waals surface area (Å²) in [5, 5.41) is 8.29. The maximum absolute atomic E-state index is 14.4. The lowest BCUT2D eigenvalue weighted by Crippen LogP contribution is -2.39. The van der Waals surface area contributed by atoms with Crippen LogP contribution in [-0.2, 0) is 32.0 Å². The number of rotatable bonds is 12. The second kappa shape index (κ2) is 19.8. The van der Waals surface area contributed by atoms with Crippen molar-refractivity contribution in [2.45, 2.75) is 49.5 Å². The molecule has 320 valence electrons. The van der Waals surface area contributed by atoms with E-state index in [0.29, 0.717) is 45.2 Å². The van der Waals surface area contributed by atoms with E-state index in [1.54, 1.807) is 74.2 Å². The van der Waals surface area contributed by atoms with Crippen molar-refractivity contribution in [3.05, 3.63) is 178 Å². The van der Waals surface area contributed by atoms with Crippen LogP contribution in [0.25, 0.3) is 17.2 Å². The second-order valence-electron chi connectivity index (χ2n) is 15.6. The van der Waals surface area contributed by atoms with Gasteiger partial charge in [-0.1, -0.05) is 109 Å². The average molecular weight is 879 g/mol. The summed E-state index contributed by atoms with van der Waals surface area (Å²) >= 11 is 2.50. The van der Waals surface area contributed by atoms with Crippen LogP contribution in [0.2, 0.25) is 0 Å². The number of ether oxygens (including phenoxy) is 2. The fourth-order valence-electron chi connectivity index (χ4n) is 6.86. The number of esters is 1. The maximum atomic E-state index is 14.4. The number of anilines is 2. The quantitative estimate of drug-likeness (QED) is 0.0626. The first-order valence-corrected chi connectivity index (χ1v) is 21.9. The molecule has 3 N–H and O–H groups in total. The van der Waals surface area contributed by atoms with Crippen LogP contribution in [0.1, 0.15) is 68.3 Å². The van der Waals surface area contributed by atoms with Gasteiger partial charge in [0, 0.05) is 27.6 Å². The first kappa shape index (κ1) is 44.1. The molecule has 63 heavy (non-hydrogen) atoms. The van der Waals surface area contributed by atoms with Gasteiger partial charge in [-0.3, -0.25) is 14.4 Å². The van der Waals surface area contributed by atoms with Gasteiger partial charge in [0.1, 0.15) is 21.5 Å². The normalized spacial score (nSPS) is 13.0. The molecule has 1 aliphatic heterocycles. The lowest BCUT2D eigenvalue weighted by molar-refractivity contribution is -0.116. The molecule has 7 rings (SSSR count). The number of methoxy groups -OCH3 is 1. The number of hydrogen-bond acceptors (Lipinski definition) is 9. The van der Waals surface area contributed by atoms with Crippen LogP contribution >= 0.6 is 23.1 Å². The van der Waals surface area contributed by atoms with Gasteiger partial charge in [0.05, 0.1) is 19.2 Å². The molecule has 11 nitrogen and oxygen atoms in total. The van der Waals surface area contributed by atoms with E-state index < -0.39 is 34.7 Å². The first-order chi connectivity index (χ1) is 30.3. The van der Waals surface area contributed by atoms with Crippen molar-refractivity contribution in [2.75, 3.05) is 24.3 Å². The molecule has 1 unspecified atom stereocenters. The molecule has 6 aromatic rings. The van der Waals surface area contributed by atoms with Crippen LogP contribution in [0.5, 0.6) is 0 Å². The number of benzene rings is 5. The van der Waals surface area contributed by atoms with Crippen molar-refractivity contribution in [3.63, 3.8) is 0 Å². The Balaban J connectivity index is 1.12. The number of carbonyl (C=O) groups is 5. The summed E-state index contributed by atoms with van der Waals surface area (Å²) in [6.07, 6.45) is 1.55. The van der Waals surface area contributed by atoms with Crippen molar-refractivity contribution in [2.24, 2.45) is 0 Å². The monoisotopic (exact) mass is 878 g/mol. The summed E-state index contributed by atoms with van der Waals surface area (Å²) in [7, 11) is 1.29. The van der Waals surface area contributed by atoms with Gasteiger partial charge in [-0.2, -0.15) is 0 Å². The van der Waals surface area contributed by atoms with E-state index in [0.717, 1.165) is 21.6 Å². The van der Waals surface area contributed by atoms with Crippen LogP contribution in [0, 0.1) is 0 Å². The lowest BCUT2D eigenvalue weighted by Gasteiger charge is -2.30. The van der Waals surface area contributed by atoms with Crippen molar-refractivity contribution < 1.29 is 33.4 Å². The molecule has 1 aromatic heterocycles. The van der Waals surface area contributed by atoms with Gasteiger partial charge >= 0.3 is 12.1 Å². The molecule has 4 amide bonds. The number of thiophene rings is 1. The Kier molecular flexibility index (Phi) is 13.9. The first-order valence-electron chi connectivity index (χ1n) is 20.2. The van der Waals surface area contributed by atoms with E-state index in [1.807, 2.05) is 97.1 Å². The minimum atomic E-state index is -0.792. The van der Waals surface area contributed by atoms with E-state index in [9.17, 15) is 24.0 Å². The minimum absolute atomic E-state index is 0.0326.